The van der Waals surface area contributed by atoms with Gasteiger partial charge in [-0.15, -0.1) is 0 Å². The lowest BCUT2D eigenvalue weighted by Gasteiger charge is -2.51. The molecule has 1 aliphatic carbocycles. The Hall–Kier alpha value is 0. The van der Waals surface area contributed by atoms with E-state index in [-0.39, 0.29) is 0 Å². The Labute approximate surface area is 77.7 Å². The first-order valence-corrected chi connectivity index (χ1v) is 5.55. The SMILES string of the molecule is CCC(C)(CC)C1CC(C)C1C. The summed E-state index contributed by atoms with van der Waals surface area (Å²) in [5.41, 5.74) is 0.631. The van der Waals surface area contributed by atoms with E-state index in [0.717, 1.165) is 17.8 Å². The van der Waals surface area contributed by atoms with Crippen LogP contribution in [0.1, 0.15) is 53.9 Å². The molecule has 0 N–H and O–H groups in total. The van der Waals surface area contributed by atoms with Crippen LogP contribution in [0.3, 0.4) is 0 Å². The Bertz CT molecular complexity index is 144. The molecule has 0 heteroatoms. The molecule has 0 aromatic heterocycles. The monoisotopic (exact) mass is 168 g/mol. The predicted octanol–water partition coefficient (Wildman–Crippen LogP) is 4.10. The van der Waals surface area contributed by atoms with Gasteiger partial charge in [-0.1, -0.05) is 47.5 Å². The van der Waals surface area contributed by atoms with Gasteiger partial charge in [-0.3, -0.25) is 0 Å². The molecule has 0 amide bonds. The molecule has 1 aliphatic rings. The maximum Gasteiger partial charge on any atom is -0.0300 e. The Morgan fingerprint density at radius 2 is 1.67 bits per heavy atom. The van der Waals surface area contributed by atoms with Crippen molar-refractivity contribution in [1.82, 2.24) is 0 Å². The van der Waals surface area contributed by atoms with E-state index in [1.807, 2.05) is 0 Å². The van der Waals surface area contributed by atoms with Crippen LogP contribution in [0.25, 0.3) is 0 Å². The van der Waals surface area contributed by atoms with Crippen LogP contribution in [0.2, 0.25) is 0 Å². The molecule has 0 aliphatic heterocycles. The molecule has 1 fully saturated rings. The van der Waals surface area contributed by atoms with E-state index in [2.05, 4.69) is 34.6 Å². The zero-order chi connectivity index (χ0) is 9.35. The van der Waals surface area contributed by atoms with Gasteiger partial charge < -0.3 is 0 Å². The fraction of sp³-hybridized carbons (Fsp3) is 1.00. The fourth-order valence-corrected chi connectivity index (χ4v) is 2.72. The fourth-order valence-electron chi connectivity index (χ4n) is 2.72. The van der Waals surface area contributed by atoms with Crippen LogP contribution in [-0.4, -0.2) is 0 Å². The summed E-state index contributed by atoms with van der Waals surface area (Å²) >= 11 is 0. The Morgan fingerprint density at radius 3 is 1.92 bits per heavy atom. The van der Waals surface area contributed by atoms with Gasteiger partial charge in [0, 0.05) is 0 Å². The Kier molecular flexibility index (Phi) is 2.85. The summed E-state index contributed by atoms with van der Waals surface area (Å²) in [6.07, 6.45) is 4.18. The van der Waals surface area contributed by atoms with Gasteiger partial charge in [-0.25, -0.2) is 0 Å². The van der Waals surface area contributed by atoms with Crippen LogP contribution in [0.5, 0.6) is 0 Å². The smallest absolute Gasteiger partial charge is 0.0300 e. The third kappa shape index (κ3) is 1.41. The van der Waals surface area contributed by atoms with E-state index in [4.69, 9.17) is 0 Å². The van der Waals surface area contributed by atoms with Crippen LogP contribution in [0.4, 0.5) is 0 Å². The summed E-state index contributed by atoms with van der Waals surface area (Å²) in [6.45, 7) is 12.0. The lowest BCUT2D eigenvalue weighted by atomic mass is 9.54. The summed E-state index contributed by atoms with van der Waals surface area (Å²) in [6, 6.07) is 0. The first-order valence-electron chi connectivity index (χ1n) is 5.55. The van der Waals surface area contributed by atoms with Crippen LogP contribution < -0.4 is 0 Å². The van der Waals surface area contributed by atoms with Gasteiger partial charge in [0.05, 0.1) is 0 Å². The van der Waals surface area contributed by atoms with Crippen LogP contribution in [0.15, 0.2) is 0 Å². The Balaban J connectivity index is 2.57. The molecule has 1 saturated carbocycles. The quantitative estimate of drug-likeness (QED) is 0.595. The molecule has 0 radical (unpaired) electrons. The van der Waals surface area contributed by atoms with Crippen LogP contribution in [0, 0.1) is 23.2 Å². The highest BCUT2D eigenvalue weighted by atomic mass is 14.5. The lowest BCUT2D eigenvalue weighted by Crippen LogP contribution is -2.43. The second kappa shape index (κ2) is 3.40. The van der Waals surface area contributed by atoms with Crippen molar-refractivity contribution in [2.45, 2.75) is 53.9 Å². The molecule has 3 unspecified atom stereocenters. The molecule has 1 rings (SSSR count). The molecule has 3 atom stereocenters. The Morgan fingerprint density at radius 1 is 1.17 bits per heavy atom. The number of hydrogen-bond acceptors (Lipinski definition) is 0. The first-order chi connectivity index (χ1) is 5.55. The van der Waals surface area contributed by atoms with E-state index in [0.29, 0.717) is 5.41 Å². The lowest BCUT2D eigenvalue weighted by molar-refractivity contribution is -0.0160. The number of rotatable bonds is 3. The van der Waals surface area contributed by atoms with Gasteiger partial charge in [0.1, 0.15) is 0 Å². The minimum atomic E-state index is 0.631. The molecule has 0 bridgehead atoms. The highest BCUT2D eigenvalue weighted by Crippen LogP contribution is 2.52. The molecule has 0 nitrogen and oxygen atoms in total. The van der Waals surface area contributed by atoms with Crippen LogP contribution >= 0.6 is 0 Å². The second-order valence-electron chi connectivity index (χ2n) is 5.04. The molecular weight excluding hydrogens is 144 g/mol. The van der Waals surface area contributed by atoms with E-state index in [9.17, 15) is 0 Å². The van der Waals surface area contributed by atoms with Gasteiger partial charge in [0.2, 0.25) is 0 Å². The van der Waals surface area contributed by atoms with Crippen molar-refractivity contribution in [3.63, 3.8) is 0 Å². The summed E-state index contributed by atoms with van der Waals surface area (Å²) < 4.78 is 0. The summed E-state index contributed by atoms with van der Waals surface area (Å²) in [4.78, 5) is 0. The van der Waals surface area contributed by atoms with Crippen molar-refractivity contribution in [2.75, 3.05) is 0 Å². The molecule has 0 heterocycles. The minimum absolute atomic E-state index is 0.631. The highest BCUT2D eigenvalue weighted by molar-refractivity contribution is 4.93. The summed E-state index contributed by atoms with van der Waals surface area (Å²) in [5, 5.41) is 0. The van der Waals surface area contributed by atoms with Crippen LogP contribution in [-0.2, 0) is 0 Å². The van der Waals surface area contributed by atoms with Crippen molar-refractivity contribution in [3.05, 3.63) is 0 Å². The predicted molar refractivity (Wildman–Crippen MR) is 55.1 cm³/mol. The summed E-state index contributed by atoms with van der Waals surface area (Å²) in [5.74, 6) is 2.95. The van der Waals surface area contributed by atoms with E-state index in [1.54, 1.807) is 0 Å². The summed E-state index contributed by atoms with van der Waals surface area (Å²) in [7, 11) is 0. The third-order valence-electron chi connectivity index (χ3n) is 4.67. The van der Waals surface area contributed by atoms with Crippen molar-refractivity contribution in [3.8, 4) is 0 Å². The van der Waals surface area contributed by atoms with E-state index < -0.39 is 0 Å². The van der Waals surface area contributed by atoms with E-state index >= 15 is 0 Å². The van der Waals surface area contributed by atoms with Crippen molar-refractivity contribution in [2.24, 2.45) is 23.2 Å². The standard InChI is InChI=1S/C12H24/c1-6-12(5,7-2)11-8-9(3)10(11)4/h9-11H,6-8H2,1-5H3. The molecule has 0 aromatic rings. The van der Waals surface area contributed by atoms with Gasteiger partial charge in [-0.05, 0) is 29.6 Å². The minimum Gasteiger partial charge on any atom is -0.0649 e. The number of hydrogen-bond donors (Lipinski definition) is 0. The second-order valence-corrected chi connectivity index (χ2v) is 5.04. The molecule has 12 heavy (non-hydrogen) atoms. The molecule has 72 valence electrons. The average molecular weight is 168 g/mol. The molecule has 0 spiro atoms. The van der Waals surface area contributed by atoms with Gasteiger partial charge in [-0.2, -0.15) is 0 Å². The van der Waals surface area contributed by atoms with Crippen molar-refractivity contribution >= 4 is 0 Å². The molecular formula is C12H24. The third-order valence-corrected chi connectivity index (χ3v) is 4.67. The largest absolute Gasteiger partial charge is 0.0649 e. The average Bonchev–Trinajstić information content (AvgIpc) is 2.12. The van der Waals surface area contributed by atoms with Crippen molar-refractivity contribution < 1.29 is 0 Å². The topological polar surface area (TPSA) is 0 Å². The van der Waals surface area contributed by atoms with Gasteiger partial charge in [0.15, 0.2) is 0 Å². The zero-order valence-corrected chi connectivity index (χ0v) is 9.35. The molecule has 0 aromatic carbocycles. The normalized spacial score (nSPS) is 36.2. The maximum atomic E-state index is 2.47. The highest BCUT2D eigenvalue weighted by Gasteiger charge is 2.44. The van der Waals surface area contributed by atoms with E-state index in [1.165, 1.54) is 19.3 Å². The molecule has 0 saturated heterocycles. The van der Waals surface area contributed by atoms with Gasteiger partial charge >= 0.3 is 0 Å². The maximum absolute atomic E-state index is 2.47. The van der Waals surface area contributed by atoms with Crippen molar-refractivity contribution in [1.29, 1.82) is 0 Å². The zero-order valence-electron chi connectivity index (χ0n) is 9.35. The van der Waals surface area contributed by atoms with Gasteiger partial charge in [0.25, 0.3) is 0 Å². The first kappa shape index (κ1) is 10.1.